The first-order valence-electron chi connectivity index (χ1n) is 6.72. The lowest BCUT2D eigenvalue weighted by atomic mass is 9.97. The Morgan fingerprint density at radius 2 is 2.11 bits per heavy atom. The zero-order valence-electron chi connectivity index (χ0n) is 11.9. The number of hydrogen-bond donors (Lipinski definition) is 2. The lowest BCUT2D eigenvalue weighted by Crippen LogP contribution is -2.31. The lowest BCUT2D eigenvalue weighted by molar-refractivity contribution is 0.520. The number of hydrazine groups is 1. The average Bonchev–Trinajstić information content (AvgIpc) is 2.82. The van der Waals surface area contributed by atoms with Gasteiger partial charge in [0, 0.05) is 12.7 Å². The molecule has 1 aromatic carbocycles. The Hall–Kier alpha value is -1.65. The number of aromatic nitrogens is 2. The van der Waals surface area contributed by atoms with Crippen LogP contribution in [0.15, 0.2) is 30.5 Å². The molecule has 4 heteroatoms. The topological polar surface area (TPSA) is 55.9 Å². The molecule has 2 rings (SSSR count). The molecule has 0 saturated heterocycles. The molecule has 0 saturated carbocycles. The highest BCUT2D eigenvalue weighted by Crippen LogP contribution is 2.25. The van der Waals surface area contributed by atoms with Gasteiger partial charge < -0.3 is 0 Å². The first-order valence-corrected chi connectivity index (χ1v) is 6.72. The normalized spacial score (nSPS) is 12.6. The van der Waals surface area contributed by atoms with E-state index in [1.54, 1.807) is 0 Å². The molecule has 1 unspecified atom stereocenters. The zero-order chi connectivity index (χ0) is 13.8. The van der Waals surface area contributed by atoms with E-state index < -0.39 is 0 Å². The van der Waals surface area contributed by atoms with E-state index >= 15 is 0 Å². The monoisotopic (exact) mass is 258 g/mol. The Kier molecular flexibility index (Phi) is 4.35. The van der Waals surface area contributed by atoms with Crippen molar-refractivity contribution < 1.29 is 0 Å². The quantitative estimate of drug-likeness (QED) is 0.640. The molecule has 0 amide bonds. The van der Waals surface area contributed by atoms with Crippen LogP contribution in [0.3, 0.4) is 0 Å². The van der Waals surface area contributed by atoms with Gasteiger partial charge in [0.05, 0.1) is 11.7 Å². The molecule has 0 radical (unpaired) electrons. The fourth-order valence-corrected chi connectivity index (χ4v) is 2.47. The highest BCUT2D eigenvalue weighted by atomic mass is 15.3. The molecule has 0 bridgehead atoms. The van der Waals surface area contributed by atoms with Crippen molar-refractivity contribution in [1.29, 1.82) is 0 Å². The maximum atomic E-state index is 5.78. The Bertz CT molecular complexity index is 545. The highest BCUT2D eigenvalue weighted by Gasteiger charge is 2.18. The minimum absolute atomic E-state index is 0.0188. The van der Waals surface area contributed by atoms with E-state index in [0.717, 1.165) is 18.7 Å². The van der Waals surface area contributed by atoms with E-state index in [1.165, 1.54) is 16.7 Å². The van der Waals surface area contributed by atoms with Gasteiger partial charge in [0.2, 0.25) is 0 Å². The molecule has 1 heterocycles. The van der Waals surface area contributed by atoms with Crippen LogP contribution in [0.1, 0.15) is 41.8 Å². The van der Waals surface area contributed by atoms with Crippen molar-refractivity contribution in [3.8, 4) is 0 Å². The molecule has 0 aliphatic heterocycles. The number of aryl methyl sites for hydroxylation is 3. The molecular formula is C15H22N4. The summed E-state index contributed by atoms with van der Waals surface area (Å²) in [7, 11) is 0. The van der Waals surface area contributed by atoms with Gasteiger partial charge >= 0.3 is 0 Å². The summed E-state index contributed by atoms with van der Waals surface area (Å²) in [5.41, 5.74) is 7.73. The minimum Gasteiger partial charge on any atom is -0.271 e. The summed E-state index contributed by atoms with van der Waals surface area (Å²) >= 11 is 0. The Morgan fingerprint density at radius 3 is 2.74 bits per heavy atom. The molecule has 19 heavy (non-hydrogen) atoms. The van der Waals surface area contributed by atoms with Crippen LogP contribution in [0.4, 0.5) is 0 Å². The van der Waals surface area contributed by atoms with Crippen LogP contribution in [0.2, 0.25) is 0 Å². The van der Waals surface area contributed by atoms with Gasteiger partial charge in [-0.1, -0.05) is 30.7 Å². The molecular weight excluding hydrogens is 236 g/mol. The minimum atomic E-state index is -0.0188. The van der Waals surface area contributed by atoms with Gasteiger partial charge in [-0.15, -0.1) is 0 Å². The summed E-state index contributed by atoms with van der Waals surface area (Å²) in [6.07, 6.45) is 2.89. The van der Waals surface area contributed by atoms with Crippen LogP contribution >= 0.6 is 0 Å². The van der Waals surface area contributed by atoms with Crippen molar-refractivity contribution >= 4 is 0 Å². The van der Waals surface area contributed by atoms with Crippen LogP contribution in [0.25, 0.3) is 0 Å². The first kappa shape index (κ1) is 13.8. The third kappa shape index (κ3) is 2.85. The summed E-state index contributed by atoms with van der Waals surface area (Å²) < 4.78 is 2.02. The Balaban J connectivity index is 2.41. The van der Waals surface area contributed by atoms with Crippen molar-refractivity contribution in [3.05, 3.63) is 52.8 Å². The van der Waals surface area contributed by atoms with Gasteiger partial charge in [0.25, 0.3) is 0 Å². The summed E-state index contributed by atoms with van der Waals surface area (Å²) in [6, 6.07) is 8.44. The maximum Gasteiger partial charge on any atom is 0.0880 e. The van der Waals surface area contributed by atoms with Crippen molar-refractivity contribution in [1.82, 2.24) is 15.2 Å². The van der Waals surface area contributed by atoms with Gasteiger partial charge in [-0.3, -0.25) is 10.5 Å². The SMILES string of the molecule is CCCn1nccc1C(NN)c1ccc(C)cc1C. The third-order valence-electron chi connectivity index (χ3n) is 3.38. The number of hydrogen-bond acceptors (Lipinski definition) is 3. The van der Waals surface area contributed by atoms with E-state index in [2.05, 4.69) is 49.5 Å². The molecule has 0 spiro atoms. The second-order valence-electron chi connectivity index (χ2n) is 4.94. The van der Waals surface area contributed by atoms with E-state index in [4.69, 9.17) is 5.84 Å². The zero-order valence-corrected chi connectivity index (χ0v) is 11.9. The van der Waals surface area contributed by atoms with Gasteiger partial charge in [0.1, 0.15) is 0 Å². The standard InChI is InChI=1S/C15H22N4/c1-4-9-19-14(7-8-17-19)15(18-16)13-6-5-11(2)10-12(13)3/h5-8,10,15,18H,4,9,16H2,1-3H3. The number of benzene rings is 1. The smallest absolute Gasteiger partial charge is 0.0880 e. The van der Waals surface area contributed by atoms with Crippen molar-refractivity contribution in [2.75, 3.05) is 0 Å². The van der Waals surface area contributed by atoms with Crippen LogP contribution in [-0.4, -0.2) is 9.78 Å². The summed E-state index contributed by atoms with van der Waals surface area (Å²) in [5, 5.41) is 4.37. The number of nitrogens with zero attached hydrogens (tertiary/aromatic N) is 2. The lowest BCUT2D eigenvalue weighted by Gasteiger charge is -2.20. The Morgan fingerprint density at radius 1 is 1.32 bits per heavy atom. The second-order valence-corrected chi connectivity index (χ2v) is 4.94. The molecule has 2 aromatic rings. The molecule has 0 aliphatic rings. The fourth-order valence-electron chi connectivity index (χ4n) is 2.47. The molecule has 1 aromatic heterocycles. The van der Waals surface area contributed by atoms with Crippen molar-refractivity contribution in [2.24, 2.45) is 5.84 Å². The predicted molar refractivity (Wildman–Crippen MR) is 77.6 cm³/mol. The molecule has 3 N–H and O–H groups in total. The number of nitrogens with two attached hydrogens (primary N) is 1. The number of nitrogens with one attached hydrogen (secondary N) is 1. The summed E-state index contributed by atoms with van der Waals surface area (Å²) in [4.78, 5) is 0. The number of rotatable bonds is 5. The third-order valence-corrected chi connectivity index (χ3v) is 3.38. The van der Waals surface area contributed by atoms with E-state index in [0.29, 0.717) is 0 Å². The van der Waals surface area contributed by atoms with Crippen molar-refractivity contribution in [2.45, 2.75) is 39.8 Å². The van der Waals surface area contributed by atoms with E-state index in [1.807, 2.05) is 16.9 Å². The van der Waals surface area contributed by atoms with Gasteiger partial charge in [-0.2, -0.15) is 5.10 Å². The summed E-state index contributed by atoms with van der Waals surface area (Å²) in [5.74, 6) is 5.78. The van der Waals surface area contributed by atoms with Crippen LogP contribution in [-0.2, 0) is 6.54 Å². The molecule has 102 valence electrons. The second kappa shape index (κ2) is 5.99. The summed E-state index contributed by atoms with van der Waals surface area (Å²) in [6.45, 7) is 7.27. The largest absolute Gasteiger partial charge is 0.271 e. The fraction of sp³-hybridized carbons (Fsp3) is 0.400. The molecule has 1 atom stereocenters. The average molecular weight is 258 g/mol. The Labute approximate surface area is 114 Å². The van der Waals surface area contributed by atoms with Crippen LogP contribution < -0.4 is 11.3 Å². The van der Waals surface area contributed by atoms with E-state index in [9.17, 15) is 0 Å². The highest BCUT2D eigenvalue weighted by molar-refractivity contribution is 5.36. The van der Waals surface area contributed by atoms with Crippen LogP contribution in [0.5, 0.6) is 0 Å². The predicted octanol–water partition coefficient (Wildman–Crippen LogP) is 2.46. The van der Waals surface area contributed by atoms with Crippen LogP contribution in [0, 0.1) is 13.8 Å². The maximum absolute atomic E-state index is 5.78. The van der Waals surface area contributed by atoms with Gasteiger partial charge in [-0.05, 0) is 37.5 Å². The van der Waals surface area contributed by atoms with E-state index in [-0.39, 0.29) is 6.04 Å². The molecule has 0 aliphatic carbocycles. The van der Waals surface area contributed by atoms with Gasteiger partial charge in [-0.25, -0.2) is 5.43 Å². The first-order chi connectivity index (χ1) is 9.17. The molecule has 4 nitrogen and oxygen atoms in total. The molecule has 0 fully saturated rings. The van der Waals surface area contributed by atoms with Crippen molar-refractivity contribution in [3.63, 3.8) is 0 Å². The van der Waals surface area contributed by atoms with Gasteiger partial charge in [0.15, 0.2) is 0 Å².